The summed E-state index contributed by atoms with van der Waals surface area (Å²) in [5.41, 5.74) is -1.11. The summed E-state index contributed by atoms with van der Waals surface area (Å²) >= 11 is 6.49. The molecule has 0 aliphatic carbocycles. The minimum atomic E-state index is -4.72. The number of aromatic nitrogens is 4. The zero-order chi connectivity index (χ0) is 29.6. The highest BCUT2D eigenvalue weighted by molar-refractivity contribution is 7.13. The number of carbonyl (C=O) groups excluding carboxylic acids is 3. The molecule has 218 valence electrons. The fraction of sp³-hybridized carbons (Fsp3) is 0.400. The number of nitrogens with one attached hydrogen (secondary N) is 3. The van der Waals surface area contributed by atoms with Crippen molar-refractivity contribution in [3.05, 3.63) is 62.7 Å². The summed E-state index contributed by atoms with van der Waals surface area (Å²) in [7, 11) is 0. The van der Waals surface area contributed by atoms with Crippen LogP contribution in [0.4, 0.5) is 19.0 Å². The van der Waals surface area contributed by atoms with Gasteiger partial charge in [-0.3, -0.25) is 14.4 Å². The average molecular weight is 611 g/mol. The van der Waals surface area contributed by atoms with Crippen LogP contribution >= 0.6 is 22.9 Å². The van der Waals surface area contributed by atoms with Gasteiger partial charge in [0.05, 0.1) is 22.8 Å². The number of likely N-dealkylation sites (tertiary alicyclic amines) is 1. The quantitative estimate of drug-likeness (QED) is 0.331. The van der Waals surface area contributed by atoms with E-state index < -0.39 is 40.5 Å². The van der Waals surface area contributed by atoms with Crippen LogP contribution in [-0.4, -0.2) is 68.7 Å². The van der Waals surface area contributed by atoms with Crippen molar-refractivity contribution in [3.63, 3.8) is 0 Å². The van der Waals surface area contributed by atoms with E-state index in [9.17, 15) is 27.6 Å². The van der Waals surface area contributed by atoms with Crippen LogP contribution < -0.4 is 16.0 Å². The van der Waals surface area contributed by atoms with Gasteiger partial charge in [-0.2, -0.15) is 13.2 Å². The van der Waals surface area contributed by atoms with Crippen molar-refractivity contribution >= 4 is 46.5 Å². The summed E-state index contributed by atoms with van der Waals surface area (Å²) in [6.07, 6.45) is 1.97. The van der Waals surface area contributed by atoms with Gasteiger partial charge in [-0.25, -0.2) is 19.9 Å². The number of halogens is 4. The fourth-order valence-corrected chi connectivity index (χ4v) is 5.06. The summed E-state index contributed by atoms with van der Waals surface area (Å²) in [5.74, 6) is -2.08. The van der Waals surface area contributed by atoms with Crippen molar-refractivity contribution in [1.29, 1.82) is 0 Å². The maximum Gasteiger partial charge on any atom is 0.418 e. The third-order valence-electron chi connectivity index (χ3n) is 6.16. The van der Waals surface area contributed by atoms with E-state index in [2.05, 4.69) is 40.8 Å². The Morgan fingerprint density at radius 1 is 1.00 bits per heavy atom. The maximum atomic E-state index is 13.1. The van der Waals surface area contributed by atoms with Crippen molar-refractivity contribution in [2.75, 3.05) is 31.5 Å². The van der Waals surface area contributed by atoms with Gasteiger partial charge in [-0.05, 0) is 38.9 Å². The zero-order valence-electron chi connectivity index (χ0n) is 21.8. The number of hydrogen-bond acceptors (Lipinski definition) is 9. The molecule has 1 aliphatic rings. The Morgan fingerprint density at radius 3 is 2.41 bits per heavy atom. The SMILES string of the molecule is CC(NC(=O)c1cc(C(=O)NCCN2CCCCC2)ncn1)c1ncc(C(=O)Nc2cc(C(F)(F)F)c(Cl)cn2)s1. The molecule has 3 amide bonds. The van der Waals surface area contributed by atoms with Crippen LogP contribution in [0.3, 0.4) is 0 Å². The molecule has 3 aromatic rings. The molecule has 41 heavy (non-hydrogen) atoms. The lowest BCUT2D eigenvalue weighted by atomic mass is 10.1. The van der Waals surface area contributed by atoms with Crippen LogP contribution in [0.5, 0.6) is 0 Å². The Hall–Kier alpha value is -3.69. The molecule has 0 saturated carbocycles. The number of nitrogens with zero attached hydrogens (tertiary/aromatic N) is 5. The second kappa shape index (κ2) is 13.3. The minimum Gasteiger partial charge on any atom is -0.349 e. The van der Waals surface area contributed by atoms with E-state index in [1.54, 1.807) is 6.92 Å². The molecule has 1 fully saturated rings. The number of carbonyl (C=O) groups is 3. The van der Waals surface area contributed by atoms with Crippen molar-refractivity contribution in [2.45, 2.75) is 38.4 Å². The first-order valence-electron chi connectivity index (χ1n) is 12.6. The molecule has 1 saturated heterocycles. The van der Waals surface area contributed by atoms with E-state index in [4.69, 9.17) is 11.6 Å². The lowest BCUT2D eigenvalue weighted by Gasteiger charge is -2.26. The van der Waals surface area contributed by atoms with Gasteiger partial charge < -0.3 is 20.9 Å². The zero-order valence-corrected chi connectivity index (χ0v) is 23.4. The lowest BCUT2D eigenvalue weighted by Crippen LogP contribution is -2.38. The van der Waals surface area contributed by atoms with Crippen molar-refractivity contribution in [3.8, 4) is 0 Å². The average Bonchev–Trinajstić information content (AvgIpc) is 3.45. The van der Waals surface area contributed by atoms with E-state index in [-0.39, 0.29) is 22.1 Å². The highest BCUT2D eigenvalue weighted by Gasteiger charge is 2.34. The van der Waals surface area contributed by atoms with Crippen molar-refractivity contribution < 1.29 is 27.6 Å². The van der Waals surface area contributed by atoms with E-state index in [1.807, 2.05) is 0 Å². The Morgan fingerprint density at radius 2 is 1.71 bits per heavy atom. The third-order valence-corrected chi connectivity index (χ3v) is 7.64. The van der Waals surface area contributed by atoms with Crippen LogP contribution in [0.2, 0.25) is 5.02 Å². The third kappa shape index (κ3) is 8.17. The topological polar surface area (TPSA) is 142 Å². The molecule has 11 nitrogen and oxygen atoms in total. The summed E-state index contributed by atoms with van der Waals surface area (Å²) in [4.78, 5) is 56.0. The number of amides is 3. The van der Waals surface area contributed by atoms with Gasteiger partial charge in [-0.15, -0.1) is 11.3 Å². The van der Waals surface area contributed by atoms with Gasteiger partial charge in [0.25, 0.3) is 17.7 Å². The molecular weight excluding hydrogens is 585 g/mol. The van der Waals surface area contributed by atoms with Gasteiger partial charge in [0.15, 0.2) is 0 Å². The molecule has 0 spiro atoms. The molecule has 1 aliphatic heterocycles. The largest absolute Gasteiger partial charge is 0.418 e. The second-order valence-corrected chi connectivity index (χ2v) is 10.7. The van der Waals surface area contributed by atoms with Crippen LogP contribution in [0.25, 0.3) is 0 Å². The molecule has 0 radical (unpaired) electrons. The first-order chi connectivity index (χ1) is 19.5. The first-order valence-corrected chi connectivity index (χ1v) is 13.8. The molecule has 1 atom stereocenters. The van der Waals surface area contributed by atoms with Crippen LogP contribution in [0.15, 0.2) is 30.9 Å². The number of hydrogen-bond donors (Lipinski definition) is 3. The molecule has 3 aromatic heterocycles. The van der Waals surface area contributed by atoms with Gasteiger partial charge >= 0.3 is 6.18 Å². The molecule has 3 N–H and O–H groups in total. The number of thiazole rings is 1. The Bertz CT molecular complexity index is 1410. The Labute approximate surface area is 241 Å². The highest BCUT2D eigenvalue weighted by Crippen LogP contribution is 2.35. The van der Waals surface area contributed by atoms with Gasteiger partial charge in [0, 0.05) is 25.4 Å². The van der Waals surface area contributed by atoms with E-state index >= 15 is 0 Å². The van der Waals surface area contributed by atoms with Crippen molar-refractivity contribution in [2.24, 2.45) is 0 Å². The van der Waals surface area contributed by atoms with Crippen LogP contribution in [0.1, 0.15) is 73.4 Å². The summed E-state index contributed by atoms with van der Waals surface area (Å²) in [6, 6.07) is 1.26. The highest BCUT2D eigenvalue weighted by atomic mass is 35.5. The smallest absolute Gasteiger partial charge is 0.349 e. The lowest BCUT2D eigenvalue weighted by molar-refractivity contribution is -0.137. The predicted octanol–water partition coefficient (Wildman–Crippen LogP) is 3.96. The van der Waals surface area contributed by atoms with Gasteiger partial charge in [0.1, 0.15) is 33.4 Å². The summed E-state index contributed by atoms with van der Waals surface area (Å²) < 4.78 is 39.3. The number of rotatable bonds is 9. The molecule has 16 heteroatoms. The standard InChI is InChI=1S/C25H26ClF3N8O3S/c1-14(24-32-12-19(41-24)23(40)36-20-9-15(25(27,28)29)16(26)11-31-20)35-22(39)18-10-17(33-13-34-18)21(38)30-5-8-37-6-3-2-4-7-37/h9-14H,2-8H2,1H3,(H,30,38)(H,35,39)(H,31,36,40). The fourth-order valence-electron chi connectivity index (χ4n) is 4.03. The van der Waals surface area contributed by atoms with Crippen LogP contribution in [-0.2, 0) is 6.18 Å². The number of alkyl halides is 3. The van der Waals surface area contributed by atoms with Crippen LogP contribution in [0, 0.1) is 0 Å². The molecule has 4 rings (SSSR count). The predicted molar refractivity (Wildman–Crippen MR) is 145 cm³/mol. The van der Waals surface area contributed by atoms with E-state index in [0.29, 0.717) is 17.6 Å². The minimum absolute atomic E-state index is 0.0307. The van der Waals surface area contributed by atoms with Gasteiger partial charge in [0.2, 0.25) is 0 Å². The van der Waals surface area contributed by atoms with Gasteiger partial charge in [-0.1, -0.05) is 18.0 Å². The summed E-state index contributed by atoms with van der Waals surface area (Å²) in [5, 5.41) is 7.55. The van der Waals surface area contributed by atoms with Crippen molar-refractivity contribution in [1.82, 2.24) is 35.5 Å². The molecule has 1 unspecified atom stereocenters. The second-order valence-electron chi connectivity index (χ2n) is 9.21. The first kappa shape index (κ1) is 30.3. The number of pyridine rings is 1. The Kier molecular flexibility index (Phi) is 9.83. The number of piperidine rings is 1. The maximum absolute atomic E-state index is 13.1. The molecule has 0 aromatic carbocycles. The monoisotopic (exact) mass is 610 g/mol. The van der Waals surface area contributed by atoms with E-state index in [0.717, 1.165) is 56.3 Å². The normalized spacial score (nSPS) is 14.8. The summed E-state index contributed by atoms with van der Waals surface area (Å²) in [6.45, 7) is 4.85. The van der Waals surface area contributed by atoms with E-state index in [1.165, 1.54) is 18.7 Å². The molecule has 4 heterocycles. The Balaban J connectivity index is 1.32. The molecule has 0 bridgehead atoms. The number of anilines is 1. The molecular formula is C25H26ClF3N8O3S.